The van der Waals surface area contributed by atoms with Crippen molar-refractivity contribution >= 4 is 28.5 Å². The number of amidine groups is 1. The molecule has 1 aromatic rings. The van der Waals surface area contributed by atoms with E-state index in [0.29, 0.717) is 23.0 Å². The fourth-order valence-electron chi connectivity index (χ4n) is 3.45. The van der Waals surface area contributed by atoms with Crippen LogP contribution in [-0.4, -0.2) is 63.3 Å². The number of benzene rings is 1. The number of hydrogen-bond donors (Lipinski definition) is 3. The minimum atomic E-state index is -1.01. The van der Waals surface area contributed by atoms with Crippen LogP contribution in [0.1, 0.15) is 12.0 Å². The van der Waals surface area contributed by atoms with Crippen molar-refractivity contribution in [3.8, 4) is 6.07 Å². The van der Waals surface area contributed by atoms with Crippen molar-refractivity contribution in [1.29, 1.82) is 5.26 Å². The molecule has 1 aromatic carbocycles. The Morgan fingerprint density at radius 3 is 3.04 bits per heavy atom. The van der Waals surface area contributed by atoms with Crippen molar-refractivity contribution in [1.82, 2.24) is 4.90 Å². The first-order valence-corrected chi connectivity index (χ1v) is 9.56. The molecule has 0 spiro atoms. The van der Waals surface area contributed by atoms with Crippen molar-refractivity contribution in [2.24, 2.45) is 10.9 Å². The monoisotopic (exact) mass is 386 g/mol. The van der Waals surface area contributed by atoms with E-state index in [4.69, 9.17) is 5.26 Å². The molecule has 0 aromatic heterocycles. The highest BCUT2D eigenvalue weighted by molar-refractivity contribution is 8.15. The van der Waals surface area contributed by atoms with E-state index in [1.54, 1.807) is 36.2 Å². The number of thioether (sulfide) groups is 1. The van der Waals surface area contributed by atoms with E-state index in [0.717, 1.165) is 0 Å². The standard InChI is InChI=1S/C19H22N4O3S/c1-3-7-23(2)18(26)13-9-14(24)16(25)15-17(13)27-19(22-15)21-12-6-4-5-11(8-12)10-20/h3-6,8,13-17,24-25H,1,7,9H2,2H3,(H,21,22)/t13-,14-,15-,16+,17-/m1/s1. The molecule has 0 radical (unpaired) electrons. The second-order valence-electron chi connectivity index (χ2n) is 6.73. The molecule has 5 atom stereocenters. The number of fused-ring (bicyclic) bond motifs is 1. The zero-order valence-electron chi connectivity index (χ0n) is 14.9. The molecule has 7 nitrogen and oxygen atoms in total. The topological polar surface area (TPSA) is 109 Å². The van der Waals surface area contributed by atoms with E-state index in [1.807, 2.05) is 6.07 Å². The Labute approximate surface area is 162 Å². The third-order valence-electron chi connectivity index (χ3n) is 4.83. The van der Waals surface area contributed by atoms with Crippen LogP contribution in [0, 0.1) is 17.2 Å². The molecule has 3 N–H and O–H groups in total. The zero-order chi connectivity index (χ0) is 19.6. The fourth-order valence-corrected chi connectivity index (χ4v) is 4.82. The van der Waals surface area contributed by atoms with Gasteiger partial charge in [0.05, 0.1) is 29.7 Å². The number of amides is 1. The van der Waals surface area contributed by atoms with Crippen LogP contribution in [0.3, 0.4) is 0 Å². The highest BCUT2D eigenvalue weighted by atomic mass is 32.2. The number of nitrogens with one attached hydrogen (secondary N) is 1. The Morgan fingerprint density at radius 1 is 1.56 bits per heavy atom. The van der Waals surface area contributed by atoms with Crippen molar-refractivity contribution in [3.63, 3.8) is 0 Å². The van der Waals surface area contributed by atoms with Gasteiger partial charge in [-0.05, 0) is 24.6 Å². The first-order chi connectivity index (χ1) is 12.9. The van der Waals surface area contributed by atoms with E-state index >= 15 is 0 Å². The van der Waals surface area contributed by atoms with Crippen LogP contribution in [0.15, 0.2) is 41.9 Å². The Morgan fingerprint density at radius 2 is 2.33 bits per heavy atom. The maximum Gasteiger partial charge on any atom is 0.227 e. The average molecular weight is 386 g/mol. The predicted octanol–water partition coefficient (Wildman–Crippen LogP) is 1.20. The molecule has 1 saturated carbocycles. The molecule has 0 bridgehead atoms. The molecule has 3 rings (SSSR count). The third kappa shape index (κ3) is 4.00. The van der Waals surface area contributed by atoms with Crippen molar-refractivity contribution in [2.45, 2.75) is 29.9 Å². The highest BCUT2D eigenvalue weighted by Crippen LogP contribution is 2.42. The van der Waals surface area contributed by atoms with E-state index in [1.165, 1.54) is 11.8 Å². The molecular formula is C19H22N4O3S. The molecule has 2 aliphatic rings. The van der Waals surface area contributed by atoms with Crippen LogP contribution in [0.4, 0.5) is 5.69 Å². The minimum absolute atomic E-state index is 0.0914. The maximum atomic E-state index is 12.8. The van der Waals surface area contributed by atoms with Gasteiger partial charge < -0.3 is 20.4 Å². The molecule has 1 heterocycles. The Bertz CT molecular complexity index is 806. The molecule has 0 saturated heterocycles. The number of hydrogen-bond acceptors (Lipinski definition) is 7. The van der Waals surface area contributed by atoms with Gasteiger partial charge >= 0.3 is 0 Å². The number of carbonyl (C=O) groups excluding carboxylic acids is 1. The van der Waals surface area contributed by atoms with Gasteiger partial charge in [-0.1, -0.05) is 23.9 Å². The molecule has 142 valence electrons. The quantitative estimate of drug-likeness (QED) is 0.671. The van der Waals surface area contributed by atoms with Crippen LogP contribution in [0.25, 0.3) is 0 Å². The fraction of sp³-hybridized carbons (Fsp3) is 0.421. The van der Waals surface area contributed by atoms with Gasteiger partial charge in [0.25, 0.3) is 0 Å². The van der Waals surface area contributed by atoms with Gasteiger partial charge in [0.15, 0.2) is 5.17 Å². The van der Waals surface area contributed by atoms with E-state index < -0.39 is 24.2 Å². The Hall–Kier alpha value is -2.34. The summed E-state index contributed by atoms with van der Waals surface area (Å²) in [4.78, 5) is 18.9. The van der Waals surface area contributed by atoms with Gasteiger partial charge in [-0.25, -0.2) is 0 Å². The van der Waals surface area contributed by atoms with E-state index in [9.17, 15) is 15.0 Å². The normalized spacial score (nSPS) is 29.3. The molecule has 0 unspecified atom stereocenters. The molecule has 1 fully saturated rings. The summed E-state index contributed by atoms with van der Waals surface area (Å²) in [6.45, 7) is 4.07. The lowest BCUT2D eigenvalue weighted by atomic mass is 9.80. The lowest BCUT2D eigenvalue weighted by Crippen LogP contribution is -2.54. The summed E-state index contributed by atoms with van der Waals surface area (Å²) in [5, 5.41) is 33.1. The average Bonchev–Trinajstić information content (AvgIpc) is 3.08. The summed E-state index contributed by atoms with van der Waals surface area (Å²) in [5.74, 6) is -0.539. The summed E-state index contributed by atoms with van der Waals surface area (Å²) < 4.78 is 0. The van der Waals surface area contributed by atoms with Crippen LogP contribution in [0.5, 0.6) is 0 Å². The smallest absolute Gasteiger partial charge is 0.227 e. The first-order valence-electron chi connectivity index (χ1n) is 8.68. The van der Waals surface area contributed by atoms with Crippen molar-refractivity contribution < 1.29 is 15.0 Å². The summed E-state index contributed by atoms with van der Waals surface area (Å²) in [6, 6.07) is 8.52. The third-order valence-corrected chi connectivity index (χ3v) is 6.14. The first kappa shape index (κ1) is 19.4. The Balaban J connectivity index is 1.79. The van der Waals surface area contributed by atoms with Gasteiger partial charge in [-0.2, -0.15) is 5.26 Å². The van der Waals surface area contributed by atoms with Gasteiger partial charge in [0.1, 0.15) is 6.10 Å². The molecule has 1 amide bonds. The summed E-state index contributed by atoms with van der Waals surface area (Å²) in [6.07, 6.45) is -0.164. The minimum Gasteiger partial charge on any atom is -0.390 e. The predicted molar refractivity (Wildman–Crippen MR) is 105 cm³/mol. The van der Waals surface area contributed by atoms with Crippen LogP contribution in [0.2, 0.25) is 0 Å². The summed E-state index contributed by atoms with van der Waals surface area (Å²) in [5.41, 5.74) is 1.23. The molecule has 1 aliphatic carbocycles. The lowest BCUT2D eigenvalue weighted by Gasteiger charge is -2.38. The number of anilines is 1. The number of aliphatic hydroxyl groups is 2. The van der Waals surface area contributed by atoms with Gasteiger partial charge in [-0.15, -0.1) is 6.58 Å². The van der Waals surface area contributed by atoms with Crippen LogP contribution < -0.4 is 5.32 Å². The number of nitriles is 1. The number of carbonyl (C=O) groups is 1. The van der Waals surface area contributed by atoms with Crippen LogP contribution >= 0.6 is 11.8 Å². The van der Waals surface area contributed by atoms with Gasteiger partial charge in [0, 0.05) is 24.5 Å². The van der Waals surface area contributed by atoms with Gasteiger partial charge in [-0.3, -0.25) is 9.79 Å². The molecule has 8 heteroatoms. The van der Waals surface area contributed by atoms with Crippen LogP contribution in [-0.2, 0) is 4.79 Å². The number of likely N-dealkylation sites (N-methyl/N-ethyl adjacent to an activating group) is 1. The number of rotatable bonds is 4. The molecular weight excluding hydrogens is 364 g/mol. The van der Waals surface area contributed by atoms with Crippen molar-refractivity contribution in [2.75, 3.05) is 18.9 Å². The number of aliphatic hydroxyl groups excluding tert-OH is 2. The highest BCUT2D eigenvalue weighted by Gasteiger charge is 2.50. The van der Waals surface area contributed by atoms with Crippen molar-refractivity contribution in [3.05, 3.63) is 42.5 Å². The zero-order valence-corrected chi connectivity index (χ0v) is 15.8. The number of nitrogens with zero attached hydrogens (tertiary/aromatic N) is 3. The van der Waals surface area contributed by atoms with E-state index in [2.05, 4.69) is 23.0 Å². The molecule has 1 aliphatic heterocycles. The Kier molecular flexibility index (Phi) is 5.85. The maximum absolute atomic E-state index is 12.8. The number of aliphatic imine (C=N–C) groups is 1. The largest absolute Gasteiger partial charge is 0.390 e. The molecule has 27 heavy (non-hydrogen) atoms. The van der Waals surface area contributed by atoms with Gasteiger partial charge in [0.2, 0.25) is 5.91 Å². The lowest BCUT2D eigenvalue weighted by molar-refractivity contribution is -0.138. The van der Waals surface area contributed by atoms with E-state index in [-0.39, 0.29) is 17.6 Å². The summed E-state index contributed by atoms with van der Waals surface area (Å²) in [7, 11) is 1.70. The second-order valence-corrected chi connectivity index (χ2v) is 7.90. The SMILES string of the molecule is C=CCN(C)C(=O)[C@@H]1C[C@@H](O)[C@H](O)[C@H]2N=C(Nc3cccc(C#N)c3)S[C@@H]21. The second kappa shape index (κ2) is 8.13. The summed E-state index contributed by atoms with van der Waals surface area (Å²) >= 11 is 1.39.